The molecule has 0 saturated carbocycles. The summed E-state index contributed by atoms with van der Waals surface area (Å²) >= 11 is 0. The first-order valence-corrected chi connectivity index (χ1v) is 5.57. The normalized spacial score (nSPS) is 17.6. The summed E-state index contributed by atoms with van der Waals surface area (Å²) in [6, 6.07) is 3.53. The third kappa shape index (κ3) is 3.55. The van der Waals surface area contributed by atoms with Gasteiger partial charge in [0.2, 0.25) is 5.91 Å². The lowest BCUT2D eigenvalue weighted by Gasteiger charge is -2.10. The molecule has 1 aliphatic rings. The number of aromatic hydroxyl groups is 1. The number of anilines is 1. The van der Waals surface area contributed by atoms with E-state index in [-0.39, 0.29) is 41.4 Å². The highest BCUT2D eigenvalue weighted by atomic mass is 35.5. The topological polar surface area (TPSA) is 104 Å². The van der Waals surface area contributed by atoms with Gasteiger partial charge in [-0.15, -0.1) is 12.4 Å². The van der Waals surface area contributed by atoms with Crippen LogP contribution in [0.2, 0.25) is 0 Å². The molecule has 0 bridgehead atoms. The van der Waals surface area contributed by atoms with Crippen molar-refractivity contribution in [3.8, 4) is 5.75 Å². The number of nitro benzene ring substituents is 1. The molecule has 0 spiro atoms. The number of carbonyl (C=O) groups is 1. The molecule has 1 aliphatic heterocycles. The van der Waals surface area contributed by atoms with E-state index in [1.165, 1.54) is 12.1 Å². The van der Waals surface area contributed by atoms with Crippen molar-refractivity contribution in [1.82, 2.24) is 5.32 Å². The fraction of sp³-hybridized carbons (Fsp3) is 0.364. The zero-order valence-corrected chi connectivity index (χ0v) is 10.8. The summed E-state index contributed by atoms with van der Waals surface area (Å²) in [7, 11) is 0. The minimum Gasteiger partial charge on any atom is -0.506 e. The lowest BCUT2D eigenvalue weighted by molar-refractivity contribution is -0.384. The monoisotopic (exact) mass is 287 g/mol. The number of hydrogen-bond donors (Lipinski definition) is 3. The Balaban J connectivity index is 0.00000180. The van der Waals surface area contributed by atoms with Crippen LogP contribution >= 0.6 is 12.4 Å². The Morgan fingerprint density at radius 3 is 2.84 bits per heavy atom. The molecule has 2 rings (SSSR count). The number of nitrogens with one attached hydrogen (secondary N) is 2. The maximum Gasteiger partial charge on any atom is 0.271 e. The maximum atomic E-state index is 11.8. The van der Waals surface area contributed by atoms with Crippen molar-refractivity contribution in [1.29, 1.82) is 0 Å². The minimum atomic E-state index is -0.577. The number of nitrogens with zero attached hydrogens (tertiary/aromatic N) is 1. The quantitative estimate of drug-likeness (QED) is 0.441. The van der Waals surface area contributed by atoms with Crippen LogP contribution in [-0.2, 0) is 4.79 Å². The largest absolute Gasteiger partial charge is 0.506 e. The highest BCUT2D eigenvalue weighted by Gasteiger charge is 2.23. The maximum absolute atomic E-state index is 11.8. The van der Waals surface area contributed by atoms with Gasteiger partial charge in [-0.05, 0) is 19.0 Å². The molecular weight excluding hydrogens is 274 g/mol. The highest BCUT2D eigenvalue weighted by Crippen LogP contribution is 2.28. The van der Waals surface area contributed by atoms with E-state index in [0.717, 1.165) is 19.0 Å². The van der Waals surface area contributed by atoms with Crippen molar-refractivity contribution in [3.63, 3.8) is 0 Å². The van der Waals surface area contributed by atoms with Crippen molar-refractivity contribution < 1.29 is 14.8 Å². The Morgan fingerprint density at radius 2 is 2.26 bits per heavy atom. The van der Waals surface area contributed by atoms with Crippen molar-refractivity contribution >= 4 is 29.7 Å². The lowest BCUT2D eigenvalue weighted by atomic mass is 10.1. The molecule has 1 aromatic carbocycles. The molecule has 0 aromatic heterocycles. The molecule has 1 amide bonds. The summed E-state index contributed by atoms with van der Waals surface area (Å²) in [4.78, 5) is 21.8. The van der Waals surface area contributed by atoms with Crippen LogP contribution < -0.4 is 10.6 Å². The van der Waals surface area contributed by atoms with Crippen LogP contribution in [0.5, 0.6) is 5.75 Å². The Hall–Kier alpha value is -1.86. The molecular formula is C11H14ClN3O4. The Labute approximate surface area is 115 Å². The van der Waals surface area contributed by atoms with Gasteiger partial charge in [0.05, 0.1) is 16.5 Å². The van der Waals surface area contributed by atoms with Crippen molar-refractivity contribution in [2.75, 3.05) is 18.4 Å². The zero-order valence-electron chi connectivity index (χ0n) is 9.96. The fourth-order valence-electron chi connectivity index (χ4n) is 1.85. The molecule has 104 valence electrons. The number of rotatable bonds is 3. The van der Waals surface area contributed by atoms with Gasteiger partial charge < -0.3 is 15.7 Å². The standard InChI is InChI=1S/C11H13N3O4.ClH/c15-10-2-1-8(14(17)18)5-9(10)13-11(16)7-3-4-12-6-7;/h1-2,5,7,12,15H,3-4,6H2,(H,13,16);1H. The van der Waals surface area contributed by atoms with E-state index in [4.69, 9.17) is 0 Å². The fourth-order valence-corrected chi connectivity index (χ4v) is 1.85. The molecule has 1 fully saturated rings. The second-order valence-electron chi connectivity index (χ2n) is 4.14. The van der Waals surface area contributed by atoms with Gasteiger partial charge in [0.1, 0.15) is 5.75 Å². The Kier molecular flexibility index (Phi) is 5.08. The van der Waals surface area contributed by atoms with Gasteiger partial charge in [0.15, 0.2) is 0 Å². The number of nitro groups is 1. The summed E-state index contributed by atoms with van der Waals surface area (Å²) in [5.41, 5.74) is -0.103. The SMILES string of the molecule is Cl.O=C(Nc1cc([N+](=O)[O-])ccc1O)C1CCNC1. The van der Waals surface area contributed by atoms with Crippen LogP contribution in [0, 0.1) is 16.0 Å². The number of carbonyl (C=O) groups excluding carboxylic acids is 1. The van der Waals surface area contributed by atoms with E-state index in [9.17, 15) is 20.0 Å². The second kappa shape index (κ2) is 6.35. The average Bonchev–Trinajstić information content (AvgIpc) is 2.85. The van der Waals surface area contributed by atoms with Gasteiger partial charge in [-0.2, -0.15) is 0 Å². The van der Waals surface area contributed by atoms with Crippen LogP contribution in [0.3, 0.4) is 0 Å². The van der Waals surface area contributed by atoms with Crippen LogP contribution in [-0.4, -0.2) is 29.0 Å². The van der Waals surface area contributed by atoms with Gasteiger partial charge in [0.25, 0.3) is 5.69 Å². The number of amides is 1. The lowest BCUT2D eigenvalue weighted by Crippen LogP contribution is -2.24. The molecule has 7 nitrogen and oxygen atoms in total. The molecule has 0 aliphatic carbocycles. The van der Waals surface area contributed by atoms with Crippen LogP contribution in [0.4, 0.5) is 11.4 Å². The summed E-state index contributed by atoms with van der Waals surface area (Å²) in [6.07, 6.45) is 0.724. The molecule has 1 atom stereocenters. The number of non-ortho nitro benzene ring substituents is 1. The first-order chi connectivity index (χ1) is 8.58. The Bertz CT molecular complexity index is 489. The van der Waals surface area contributed by atoms with E-state index in [1.54, 1.807) is 0 Å². The first-order valence-electron chi connectivity index (χ1n) is 5.57. The summed E-state index contributed by atoms with van der Waals surface area (Å²) in [5.74, 6) is -0.584. The smallest absolute Gasteiger partial charge is 0.271 e. The van der Waals surface area contributed by atoms with E-state index < -0.39 is 4.92 Å². The van der Waals surface area contributed by atoms with E-state index in [0.29, 0.717) is 6.54 Å². The molecule has 3 N–H and O–H groups in total. The van der Waals surface area contributed by atoms with Crippen molar-refractivity contribution in [2.24, 2.45) is 5.92 Å². The van der Waals surface area contributed by atoms with Crippen LogP contribution in [0.1, 0.15) is 6.42 Å². The molecule has 8 heteroatoms. The molecule has 1 unspecified atom stereocenters. The highest BCUT2D eigenvalue weighted by molar-refractivity contribution is 5.94. The number of benzene rings is 1. The second-order valence-corrected chi connectivity index (χ2v) is 4.14. The van der Waals surface area contributed by atoms with E-state index >= 15 is 0 Å². The molecule has 0 radical (unpaired) electrons. The predicted molar refractivity (Wildman–Crippen MR) is 71.6 cm³/mol. The summed E-state index contributed by atoms with van der Waals surface area (Å²) in [5, 5.41) is 25.7. The minimum absolute atomic E-state index is 0. The molecule has 1 heterocycles. The predicted octanol–water partition coefficient (Wildman–Crippen LogP) is 1.27. The number of phenols is 1. The summed E-state index contributed by atoms with van der Waals surface area (Å²) < 4.78 is 0. The average molecular weight is 288 g/mol. The van der Waals surface area contributed by atoms with Gasteiger partial charge in [0, 0.05) is 18.7 Å². The third-order valence-electron chi connectivity index (χ3n) is 2.88. The van der Waals surface area contributed by atoms with Crippen molar-refractivity contribution in [3.05, 3.63) is 28.3 Å². The number of phenolic OH excluding ortho intramolecular Hbond substituents is 1. The Morgan fingerprint density at radius 1 is 1.53 bits per heavy atom. The first kappa shape index (κ1) is 15.2. The molecule has 1 saturated heterocycles. The summed E-state index contributed by atoms with van der Waals surface area (Å²) in [6.45, 7) is 1.36. The number of halogens is 1. The van der Waals surface area contributed by atoms with Crippen molar-refractivity contribution in [2.45, 2.75) is 6.42 Å². The zero-order chi connectivity index (χ0) is 13.1. The van der Waals surface area contributed by atoms with E-state index in [2.05, 4.69) is 10.6 Å². The van der Waals surface area contributed by atoms with Gasteiger partial charge in [-0.3, -0.25) is 14.9 Å². The van der Waals surface area contributed by atoms with Crippen LogP contribution in [0.15, 0.2) is 18.2 Å². The molecule has 1 aromatic rings. The van der Waals surface area contributed by atoms with Gasteiger partial charge in [-0.25, -0.2) is 0 Å². The van der Waals surface area contributed by atoms with Gasteiger partial charge in [-0.1, -0.05) is 0 Å². The number of hydrogen-bond acceptors (Lipinski definition) is 5. The van der Waals surface area contributed by atoms with E-state index in [1.807, 2.05) is 0 Å². The molecule has 19 heavy (non-hydrogen) atoms. The van der Waals surface area contributed by atoms with Gasteiger partial charge >= 0.3 is 0 Å². The third-order valence-corrected chi connectivity index (χ3v) is 2.88. The van der Waals surface area contributed by atoms with Crippen LogP contribution in [0.25, 0.3) is 0 Å².